The minimum atomic E-state index is 0.180. The van der Waals surface area contributed by atoms with E-state index in [1.807, 2.05) is 0 Å². The third-order valence-corrected chi connectivity index (χ3v) is 10.7. The fourth-order valence-electron chi connectivity index (χ4n) is 8.80. The van der Waals surface area contributed by atoms with Crippen LogP contribution >= 0.6 is 11.6 Å². The summed E-state index contributed by atoms with van der Waals surface area (Å²) in [5, 5.41) is 4.15. The van der Waals surface area contributed by atoms with Gasteiger partial charge in [-0.2, -0.15) is 0 Å². The van der Waals surface area contributed by atoms with Gasteiger partial charge >= 0.3 is 0 Å². The van der Waals surface area contributed by atoms with E-state index in [4.69, 9.17) is 11.6 Å². The van der Waals surface area contributed by atoms with E-state index in [2.05, 4.69) is 39.9 Å². The van der Waals surface area contributed by atoms with E-state index >= 15 is 0 Å². The van der Waals surface area contributed by atoms with Crippen LogP contribution < -0.4 is 5.32 Å². The van der Waals surface area contributed by atoms with Crippen molar-refractivity contribution in [2.24, 2.45) is 46.3 Å². The van der Waals surface area contributed by atoms with Gasteiger partial charge in [0.1, 0.15) is 11.4 Å². The Kier molecular flexibility index (Phi) is 6.39. The van der Waals surface area contributed by atoms with Crippen molar-refractivity contribution in [2.75, 3.05) is 0 Å². The summed E-state index contributed by atoms with van der Waals surface area (Å²) in [6.45, 7) is 12.4. The zero-order chi connectivity index (χ0) is 21.7. The third kappa shape index (κ3) is 3.67. The second kappa shape index (κ2) is 8.45. The Balaban J connectivity index is 1.50. The lowest BCUT2D eigenvalue weighted by atomic mass is 9.46. The standard InChI is InChI=1S/C27H44ClNO/c1-17(2)7-6-8-18(3)21-10-11-22-20-9-12-24-27(5,15-19(16-30)25(28)29-24)23(20)13-14-26(21,22)4/h16-18,20-24,29H,6-15H2,1-5H3. The van der Waals surface area contributed by atoms with Crippen LogP contribution in [0.5, 0.6) is 0 Å². The lowest BCUT2D eigenvalue weighted by Gasteiger charge is -2.60. The average Bonchev–Trinajstić information content (AvgIpc) is 3.05. The smallest absolute Gasteiger partial charge is 0.149 e. The van der Waals surface area contributed by atoms with E-state index in [0.29, 0.717) is 16.6 Å². The molecule has 3 saturated carbocycles. The first-order valence-corrected chi connectivity index (χ1v) is 13.2. The van der Waals surface area contributed by atoms with E-state index < -0.39 is 0 Å². The number of halogens is 1. The zero-order valence-electron chi connectivity index (χ0n) is 20.0. The summed E-state index contributed by atoms with van der Waals surface area (Å²) in [6.07, 6.45) is 14.2. The topological polar surface area (TPSA) is 29.1 Å². The average molecular weight is 434 g/mol. The van der Waals surface area contributed by atoms with Crippen LogP contribution in [0.1, 0.15) is 98.8 Å². The summed E-state index contributed by atoms with van der Waals surface area (Å²) >= 11 is 6.40. The lowest BCUT2D eigenvalue weighted by Crippen LogP contribution is -2.59. The minimum Gasteiger partial charge on any atom is -0.372 e. The Bertz CT molecular complexity index is 686. The van der Waals surface area contributed by atoms with Crippen molar-refractivity contribution in [3.8, 4) is 0 Å². The fraction of sp³-hybridized carbons (Fsp3) is 0.889. The number of allylic oxidation sites excluding steroid dienone is 1. The SMILES string of the molecule is CC(C)CCCC(C)C1CCC2C3CCC4NC(Cl)=C(C=O)CC4(C)C3CCC12C. The highest BCUT2D eigenvalue weighted by Crippen LogP contribution is 2.67. The summed E-state index contributed by atoms with van der Waals surface area (Å²) in [4.78, 5) is 11.6. The molecule has 0 aromatic heterocycles. The number of hydrogen-bond donors (Lipinski definition) is 1. The molecular formula is C27H44ClNO. The van der Waals surface area contributed by atoms with Crippen LogP contribution in [0, 0.1) is 46.3 Å². The molecule has 0 bridgehead atoms. The molecule has 8 atom stereocenters. The molecular weight excluding hydrogens is 390 g/mol. The van der Waals surface area contributed by atoms with Crippen LogP contribution in [-0.4, -0.2) is 12.3 Å². The van der Waals surface area contributed by atoms with Gasteiger partial charge in [0.25, 0.3) is 0 Å². The van der Waals surface area contributed by atoms with Gasteiger partial charge in [0, 0.05) is 11.6 Å². The monoisotopic (exact) mass is 433 g/mol. The number of aldehydes is 1. The van der Waals surface area contributed by atoms with Crippen LogP contribution in [0.3, 0.4) is 0 Å². The molecule has 4 aliphatic rings. The summed E-state index contributed by atoms with van der Waals surface area (Å²) in [7, 11) is 0. The minimum absolute atomic E-state index is 0.180. The predicted molar refractivity (Wildman–Crippen MR) is 126 cm³/mol. The van der Waals surface area contributed by atoms with Crippen LogP contribution in [0.4, 0.5) is 0 Å². The normalized spacial score (nSPS) is 44.2. The highest BCUT2D eigenvalue weighted by Gasteiger charge is 2.60. The number of hydrogen-bond acceptors (Lipinski definition) is 2. The largest absolute Gasteiger partial charge is 0.372 e. The van der Waals surface area contributed by atoms with E-state index in [0.717, 1.165) is 53.8 Å². The van der Waals surface area contributed by atoms with Crippen LogP contribution in [0.15, 0.2) is 10.7 Å². The van der Waals surface area contributed by atoms with Gasteiger partial charge < -0.3 is 5.32 Å². The van der Waals surface area contributed by atoms with E-state index in [-0.39, 0.29) is 5.41 Å². The molecule has 1 heterocycles. The quantitative estimate of drug-likeness (QED) is 0.351. The molecule has 0 aromatic rings. The Morgan fingerprint density at radius 1 is 1.03 bits per heavy atom. The van der Waals surface area contributed by atoms with Gasteiger partial charge in [-0.3, -0.25) is 4.79 Å². The molecule has 8 unspecified atom stereocenters. The molecule has 0 aromatic carbocycles. The molecule has 170 valence electrons. The van der Waals surface area contributed by atoms with Crippen molar-refractivity contribution >= 4 is 17.9 Å². The van der Waals surface area contributed by atoms with Crippen LogP contribution in [-0.2, 0) is 4.79 Å². The van der Waals surface area contributed by atoms with Gasteiger partial charge in [0.05, 0.1) is 0 Å². The summed E-state index contributed by atoms with van der Waals surface area (Å²) < 4.78 is 0. The fourth-order valence-corrected chi connectivity index (χ4v) is 9.04. The highest BCUT2D eigenvalue weighted by molar-refractivity contribution is 6.30. The number of rotatable bonds is 6. The molecule has 0 amide bonds. The molecule has 3 aliphatic carbocycles. The first-order valence-electron chi connectivity index (χ1n) is 12.8. The first kappa shape index (κ1) is 22.7. The van der Waals surface area contributed by atoms with Crippen molar-refractivity contribution in [1.29, 1.82) is 0 Å². The molecule has 1 aliphatic heterocycles. The molecule has 3 heteroatoms. The Hall–Kier alpha value is -0.500. The predicted octanol–water partition coefficient (Wildman–Crippen LogP) is 7.32. The Morgan fingerprint density at radius 3 is 2.47 bits per heavy atom. The van der Waals surface area contributed by atoms with Crippen molar-refractivity contribution in [2.45, 2.75) is 105 Å². The van der Waals surface area contributed by atoms with Crippen LogP contribution in [0.2, 0.25) is 0 Å². The Morgan fingerprint density at radius 2 is 1.77 bits per heavy atom. The number of carbonyl (C=O) groups is 1. The van der Waals surface area contributed by atoms with Gasteiger partial charge in [0.15, 0.2) is 0 Å². The molecule has 2 nitrogen and oxygen atoms in total. The summed E-state index contributed by atoms with van der Waals surface area (Å²) in [5.74, 6) is 5.06. The molecule has 3 fully saturated rings. The second-order valence-corrected chi connectivity index (χ2v) is 12.7. The lowest BCUT2D eigenvalue weighted by molar-refractivity contribution is -0.108. The third-order valence-electron chi connectivity index (χ3n) is 10.4. The molecule has 0 saturated heterocycles. The summed E-state index contributed by atoms with van der Waals surface area (Å²) in [5.41, 5.74) is 1.51. The van der Waals surface area contributed by atoms with Gasteiger partial charge in [0.2, 0.25) is 0 Å². The van der Waals surface area contributed by atoms with Crippen molar-refractivity contribution in [3.05, 3.63) is 10.7 Å². The molecule has 0 radical (unpaired) electrons. The number of carbonyl (C=O) groups excluding carboxylic acids is 1. The van der Waals surface area contributed by atoms with Crippen molar-refractivity contribution < 1.29 is 4.79 Å². The number of nitrogens with one attached hydrogen (secondary N) is 1. The maximum absolute atomic E-state index is 11.6. The van der Waals surface area contributed by atoms with E-state index in [1.165, 1.54) is 57.8 Å². The van der Waals surface area contributed by atoms with E-state index in [1.54, 1.807) is 0 Å². The van der Waals surface area contributed by atoms with Crippen molar-refractivity contribution in [3.63, 3.8) is 0 Å². The summed E-state index contributed by atoms with van der Waals surface area (Å²) in [6, 6.07) is 0.437. The molecule has 0 spiro atoms. The van der Waals surface area contributed by atoms with Gasteiger partial charge in [-0.1, -0.05) is 65.5 Å². The second-order valence-electron chi connectivity index (χ2n) is 12.3. The van der Waals surface area contributed by atoms with Gasteiger partial charge in [-0.25, -0.2) is 0 Å². The van der Waals surface area contributed by atoms with Gasteiger partial charge in [-0.05, 0) is 91.3 Å². The Labute approximate surface area is 190 Å². The molecule has 4 rings (SSSR count). The van der Waals surface area contributed by atoms with Crippen molar-refractivity contribution in [1.82, 2.24) is 5.32 Å². The maximum atomic E-state index is 11.6. The van der Waals surface area contributed by atoms with Crippen LogP contribution in [0.25, 0.3) is 0 Å². The maximum Gasteiger partial charge on any atom is 0.149 e. The van der Waals surface area contributed by atoms with Gasteiger partial charge in [-0.15, -0.1) is 0 Å². The van der Waals surface area contributed by atoms with E-state index in [9.17, 15) is 4.79 Å². The number of fused-ring (bicyclic) bond motifs is 5. The molecule has 30 heavy (non-hydrogen) atoms. The first-order chi connectivity index (χ1) is 14.2. The molecule has 1 N–H and O–H groups in total. The zero-order valence-corrected chi connectivity index (χ0v) is 20.7. The highest BCUT2D eigenvalue weighted by atomic mass is 35.5.